The van der Waals surface area contributed by atoms with E-state index >= 15 is 0 Å². The summed E-state index contributed by atoms with van der Waals surface area (Å²) < 4.78 is 0. The first-order valence-electron chi connectivity index (χ1n) is 8.21. The molecule has 1 aromatic heterocycles. The molecule has 3 nitrogen and oxygen atoms in total. The Balaban J connectivity index is 1.48. The molecule has 116 valence electrons. The lowest BCUT2D eigenvalue weighted by atomic mass is 9.86. The summed E-state index contributed by atoms with van der Waals surface area (Å²) in [6, 6.07) is 18.4. The largest absolute Gasteiger partial charge is 0.358 e. The highest BCUT2D eigenvalue weighted by atomic mass is 16.1. The maximum Gasteiger partial charge on any atom is 0.223 e. The van der Waals surface area contributed by atoms with E-state index in [9.17, 15) is 4.79 Å². The van der Waals surface area contributed by atoms with E-state index in [1.165, 1.54) is 22.2 Å². The molecule has 1 atom stereocenters. The second-order valence-electron chi connectivity index (χ2n) is 6.27. The molecule has 4 rings (SSSR count). The number of amides is 1. The molecule has 3 heteroatoms. The van der Waals surface area contributed by atoms with Crippen LogP contribution in [0.2, 0.25) is 0 Å². The molecular formula is C20H20N2O. The molecule has 1 heterocycles. The molecule has 0 fully saturated rings. The zero-order valence-corrected chi connectivity index (χ0v) is 13.0. The molecular weight excluding hydrogens is 284 g/mol. The number of para-hydroxylation sites is 1. The summed E-state index contributed by atoms with van der Waals surface area (Å²) in [5.74, 6) is 0.246. The van der Waals surface area contributed by atoms with Gasteiger partial charge >= 0.3 is 0 Å². The second-order valence-corrected chi connectivity index (χ2v) is 6.27. The Morgan fingerprint density at radius 1 is 1.09 bits per heavy atom. The third-order valence-electron chi connectivity index (χ3n) is 4.78. The SMILES string of the molecule is O=C(NCc1ccccc1)C1CCc2[nH]c3ccccc3c2C1. The van der Waals surface area contributed by atoms with E-state index in [-0.39, 0.29) is 11.8 Å². The summed E-state index contributed by atoms with van der Waals surface area (Å²) in [6.07, 6.45) is 2.70. The fraction of sp³-hybridized carbons (Fsp3) is 0.250. The fourth-order valence-electron chi connectivity index (χ4n) is 3.52. The molecule has 0 saturated carbocycles. The van der Waals surface area contributed by atoms with E-state index in [4.69, 9.17) is 0 Å². The third kappa shape index (κ3) is 2.74. The van der Waals surface area contributed by atoms with Crippen molar-refractivity contribution in [2.24, 2.45) is 5.92 Å². The molecule has 1 unspecified atom stereocenters. The fourth-order valence-corrected chi connectivity index (χ4v) is 3.52. The van der Waals surface area contributed by atoms with Gasteiger partial charge in [0.15, 0.2) is 0 Å². The van der Waals surface area contributed by atoms with Crippen molar-refractivity contribution in [2.75, 3.05) is 0 Å². The van der Waals surface area contributed by atoms with Gasteiger partial charge in [-0.25, -0.2) is 0 Å². The zero-order chi connectivity index (χ0) is 15.6. The third-order valence-corrected chi connectivity index (χ3v) is 4.78. The number of aryl methyl sites for hydroxylation is 1. The topological polar surface area (TPSA) is 44.9 Å². The molecule has 23 heavy (non-hydrogen) atoms. The molecule has 0 saturated heterocycles. The van der Waals surface area contributed by atoms with E-state index < -0.39 is 0 Å². The molecule has 1 aliphatic carbocycles. The summed E-state index contributed by atoms with van der Waals surface area (Å²) >= 11 is 0. The smallest absolute Gasteiger partial charge is 0.223 e. The van der Waals surface area contributed by atoms with Crippen LogP contribution in [0.3, 0.4) is 0 Å². The van der Waals surface area contributed by atoms with Gasteiger partial charge in [0.2, 0.25) is 5.91 Å². The number of hydrogen-bond acceptors (Lipinski definition) is 1. The van der Waals surface area contributed by atoms with E-state index in [2.05, 4.69) is 28.5 Å². The summed E-state index contributed by atoms with van der Waals surface area (Å²) in [5.41, 5.74) is 4.96. The molecule has 1 amide bonds. The predicted molar refractivity (Wildman–Crippen MR) is 92.1 cm³/mol. The number of H-pyrrole nitrogens is 1. The first-order chi connectivity index (χ1) is 11.3. The highest BCUT2D eigenvalue weighted by Crippen LogP contribution is 2.31. The first kappa shape index (κ1) is 14.1. The van der Waals surface area contributed by atoms with Crippen molar-refractivity contribution in [2.45, 2.75) is 25.8 Å². The van der Waals surface area contributed by atoms with Crippen LogP contribution in [0, 0.1) is 5.92 Å². The Kier molecular flexibility index (Phi) is 3.62. The van der Waals surface area contributed by atoms with Crippen molar-refractivity contribution in [1.82, 2.24) is 10.3 Å². The number of hydrogen-bond donors (Lipinski definition) is 2. The van der Waals surface area contributed by atoms with Gasteiger partial charge in [-0.15, -0.1) is 0 Å². The normalized spacial score (nSPS) is 17.0. The Labute approximate surface area is 135 Å². The van der Waals surface area contributed by atoms with Crippen molar-refractivity contribution in [3.05, 3.63) is 71.4 Å². The maximum absolute atomic E-state index is 12.5. The minimum absolute atomic E-state index is 0.0745. The van der Waals surface area contributed by atoms with Crippen LogP contribution < -0.4 is 5.32 Å². The van der Waals surface area contributed by atoms with Crippen molar-refractivity contribution in [1.29, 1.82) is 0 Å². The number of aromatic amines is 1. The van der Waals surface area contributed by atoms with Gasteiger partial charge in [0.25, 0.3) is 0 Å². The van der Waals surface area contributed by atoms with Crippen LogP contribution in [-0.2, 0) is 24.2 Å². The lowest BCUT2D eigenvalue weighted by molar-refractivity contribution is -0.125. The molecule has 0 spiro atoms. The van der Waals surface area contributed by atoms with Crippen LogP contribution in [-0.4, -0.2) is 10.9 Å². The number of benzene rings is 2. The molecule has 0 bridgehead atoms. The van der Waals surface area contributed by atoms with Crippen LogP contribution in [0.15, 0.2) is 54.6 Å². The van der Waals surface area contributed by atoms with Crippen molar-refractivity contribution in [3.8, 4) is 0 Å². The van der Waals surface area contributed by atoms with Crippen LogP contribution in [0.5, 0.6) is 0 Å². The first-order valence-corrected chi connectivity index (χ1v) is 8.21. The summed E-state index contributed by atoms with van der Waals surface area (Å²) in [5, 5.41) is 4.36. The Hall–Kier alpha value is -2.55. The molecule has 2 aromatic carbocycles. The number of nitrogens with one attached hydrogen (secondary N) is 2. The molecule has 0 radical (unpaired) electrons. The van der Waals surface area contributed by atoms with Crippen molar-refractivity contribution >= 4 is 16.8 Å². The van der Waals surface area contributed by atoms with Crippen LogP contribution in [0.25, 0.3) is 10.9 Å². The Bertz CT molecular complexity index is 835. The van der Waals surface area contributed by atoms with Gasteiger partial charge in [0, 0.05) is 29.1 Å². The predicted octanol–water partition coefficient (Wildman–Crippen LogP) is 3.59. The number of carbonyl (C=O) groups is 1. The van der Waals surface area contributed by atoms with E-state index in [0.29, 0.717) is 6.54 Å². The molecule has 3 aromatic rings. The Morgan fingerprint density at radius 3 is 2.74 bits per heavy atom. The summed E-state index contributed by atoms with van der Waals surface area (Å²) in [7, 11) is 0. The van der Waals surface area contributed by atoms with Gasteiger partial charge in [-0.05, 0) is 36.5 Å². The minimum Gasteiger partial charge on any atom is -0.358 e. The zero-order valence-electron chi connectivity index (χ0n) is 13.0. The van der Waals surface area contributed by atoms with Gasteiger partial charge in [-0.1, -0.05) is 48.5 Å². The second kappa shape index (κ2) is 5.92. The van der Waals surface area contributed by atoms with Crippen molar-refractivity contribution in [3.63, 3.8) is 0 Å². The average Bonchev–Trinajstić information content (AvgIpc) is 2.98. The lowest BCUT2D eigenvalue weighted by Gasteiger charge is -2.22. The monoisotopic (exact) mass is 304 g/mol. The van der Waals surface area contributed by atoms with E-state index in [1.807, 2.05) is 36.4 Å². The quantitative estimate of drug-likeness (QED) is 0.763. The average molecular weight is 304 g/mol. The maximum atomic E-state index is 12.5. The Morgan fingerprint density at radius 2 is 1.87 bits per heavy atom. The van der Waals surface area contributed by atoms with Gasteiger partial charge in [-0.2, -0.15) is 0 Å². The number of rotatable bonds is 3. The highest BCUT2D eigenvalue weighted by Gasteiger charge is 2.27. The summed E-state index contributed by atoms with van der Waals surface area (Å²) in [4.78, 5) is 16.0. The van der Waals surface area contributed by atoms with Gasteiger partial charge in [0.05, 0.1) is 0 Å². The van der Waals surface area contributed by atoms with Crippen LogP contribution >= 0.6 is 0 Å². The molecule has 1 aliphatic rings. The number of fused-ring (bicyclic) bond motifs is 3. The van der Waals surface area contributed by atoms with E-state index in [0.717, 1.165) is 24.8 Å². The molecule has 2 N–H and O–H groups in total. The van der Waals surface area contributed by atoms with Gasteiger partial charge < -0.3 is 10.3 Å². The van der Waals surface area contributed by atoms with Crippen LogP contribution in [0.4, 0.5) is 0 Å². The van der Waals surface area contributed by atoms with Crippen molar-refractivity contribution < 1.29 is 4.79 Å². The number of carbonyl (C=O) groups excluding carboxylic acids is 1. The molecule has 0 aliphatic heterocycles. The van der Waals surface area contributed by atoms with E-state index in [1.54, 1.807) is 0 Å². The van der Waals surface area contributed by atoms with Gasteiger partial charge in [0.1, 0.15) is 0 Å². The number of aromatic nitrogens is 1. The summed E-state index contributed by atoms with van der Waals surface area (Å²) in [6.45, 7) is 0.608. The van der Waals surface area contributed by atoms with Gasteiger partial charge in [-0.3, -0.25) is 4.79 Å². The standard InChI is InChI=1S/C20H20N2O/c23-20(21-13-14-6-2-1-3-7-14)15-10-11-19-17(12-15)16-8-4-5-9-18(16)22-19/h1-9,15,22H,10-13H2,(H,21,23). The minimum atomic E-state index is 0.0745. The lowest BCUT2D eigenvalue weighted by Crippen LogP contribution is -2.33. The van der Waals surface area contributed by atoms with Crippen LogP contribution in [0.1, 0.15) is 23.2 Å². The highest BCUT2D eigenvalue weighted by molar-refractivity contribution is 5.87.